The van der Waals surface area contributed by atoms with Gasteiger partial charge in [0.1, 0.15) is 11.5 Å². The number of ether oxygens (including phenoxy) is 2. The van der Waals surface area contributed by atoms with Crippen molar-refractivity contribution in [2.45, 2.75) is 13.8 Å². The molecule has 1 aliphatic rings. The minimum absolute atomic E-state index is 0.0325. The van der Waals surface area contributed by atoms with Crippen molar-refractivity contribution in [3.05, 3.63) is 87.5 Å². The fraction of sp³-hybridized carbons (Fsp3) is 0.136. The van der Waals surface area contributed by atoms with Crippen LogP contribution in [0.3, 0.4) is 0 Å². The molecule has 11 heteroatoms. The molecule has 1 aliphatic heterocycles. The molecule has 170 valence electrons. The van der Waals surface area contributed by atoms with Crippen molar-refractivity contribution in [1.82, 2.24) is 5.20 Å². The fourth-order valence-corrected chi connectivity index (χ4v) is 4.16. The number of hydrazone groups is 1. The van der Waals surface area contributed by atoms with Gasteiger partial charge in [0, 0.05) is 0 Å². The summed E-state index contributed by atoms with van der Waals surface area (Å²) in [6, 6.07) is 16.5. The van der Waals surface area contributed by atoms with Gasteiger partial charge in [-0.05, 0) is 55.3 Å². The minimum atomic E-state index is -4.07. The largest absolute Gasteiger partial charge is 0.557 e. The molecule has 3 aromatic carbocycles. The first-order valence-electron chi connectivity index (χ1n) is 9.82. The molecule has 0 aliphatic carbocycles. The molecule has 33 heavy (non-hydrogen) atoms. The number of benzene rings is 3. The molecule has 1 N–H and O–H groups in total. The van der Waals surface area contributed by atoms with Gasteiger partial charge in [-0.1, -0.05) is 24.3 Å². The number of nitro benzene ring substituents is 1. The number of rotatable bonds is 8. The van der Waals surface area contributed by atoms with E-state index in [1.165, 1.54) is 12.1 Å². The molecule has 0 aromatic heterocycles. The van der Waals surface area contributed by atoms with Gasteiger partial charge in [0.2, 0.25) is 6.79 Å². The van der Waals surface area contributed by atoms with E-state index in [4.69, 9.17) is 18.5 Å². The Morgan fingerprint density at radius 3 is 2.12 bits per heavy atom. The van der Waals surface area contributed by atoms with Crippen molar-refractivity contribution in [3.63, 3.8) is 0 Å². The number of fused-ring (bicyclic) bond motifs is 1. The molecule has 10 nitrogen and oxygen atoms in total. The molecule has 0 bridgehead atoms. The molecular formula is C22H20N3O7P. The van der Waals surface area contributed by atoms with Crippen LogP contribution in [-0.2, 0) is 4.57 Å². The molecule has 0 atom stereocenters. The summed E-state index contributed by atoms with van der Waals surface area (Å²) in [6.45, 7) is 3.70. The van der Waals surface area contributed by atoms with Crippen LogP contribution in [0.25, 0.3) is 0 Å². The van der Waals surface area contributed by atoms with E-state index in [0.717, 1.165) is 17.3 Å². The van der Waals surface area contributed by atoms with Gasteiger partial charge in [0.05, 0.1) is 22.8 Å². The highest BCUT2D eigenvalue weighted by Gasteiger charge is 2.29. The highest BCUT2D eigenvalue weighted by atomic mass is 31.2. The number of hydrogen-bond acceptors (Lipinski definition) is 8. The lowest BCUT2D eigenvalue weighted by Crippen LogP contribution is -2.14. The van der Waals surface area contributed by atoms with Crippen LogP contribution >= 0.6 is 7.75 Å². The lowest BCUT2D eigenvalue weighted by molar-refractivity contribution is -0.385. The van der Waals surface area contributed by atoms with Crippen molar-refractivity contribution in [3.8, 4) is 23.0 Å². The summed E-state index contributed by atoms with van der Waals surface area (Å²) in [7, 11) is -4.07. The Hall–Kier alpha value is -4.04. The predicted molar refractivity (Wildman–Crippen MR) is 121 cm³/mol. The lowest BCUT2D eigenvalue weighted by Gasteiger charge is -2.19. The average Bonchev–Trinajstić information content (AvgIpc) is 3.20. The summed E-state index contributed by atoms with van der Waals surface area (Å²) in [4.78, 5) is 10.9. The van der Waals surface area contributed by atoms with E-state index in [2.05, 4.69) is 10.3 Å². The summed E-state index contributed by atoms with van der Waals surface area (Å²) >= 11 is 0. The zero-order chi connectivity index (χ0) is 23.4. The summed E-state index contributed by atoms with van der Waals surface area (Å²) < 4.78 is 35.3. The molecule has 0 radical (unpaired) electrons. The predicted octanol–water partition coefficient (Wildman–Crippen LogP) is 5.13. The van der Waals surface area contributed by atoms with Gasteiger partial charge in [-0.3, -0.25) is 10.1 Å². The molecular weight excluding hydrogens is 449 g/mol. The highest BCUT2D eigenvalue weighted by molar-refractivity contribution is 7.52. The van der Waals surface area contributed by atoms with Crippen molar-refractivity contribution in [2.24, 2.45) is 5.10 Å². The number of nitrogens with zero attached hydrogens (tertiary/aromatic N) is 2. The Balaban J connectivity index is 1.62. The number of aryl methyl sites for hydroxylation is 2. The normalized spacial score (nSPS) is 12.5. The van der Waals surface area contributed by atoms with Crippen molar-refractivity contribution in [2.75, 3.05) is 6.79 Å². The average molecular weight is 469 g/mol. The van der Waals surface area contributed by atoms with Crippen molar-refractivity contribution >= 4 is 19.6 Å². The molecule has 0 fully saturated rings. The highest BCUT2D eigenvalue weighted by Crippen LogP contribution is 2.45. The third-order valence-corrected chi connectivity index (χ3v) is 5.80. The maximum atomic E-state index is 13.5. The van der Waals surface area contributed by atoms with Crippen LogP contribution in [-0.4, -0.2) is 17.9 Å². The van der Waals surface area contributed by atoms with Gasteiger partial charge < -0.3 is 18.5 Å². The molecule has 0 unspecified atom stereocenters. The van der Waals surface area contributed by atoms with Gasteiger partial charge in [0.25, 0.3) is 5.69 Å². The smallest absolute Gasteiger partial charge is 0.454 e. The van der Waals surface area contributed by atoms with Gasteiger partial charge in [-0.25, -0.2) is 4.57 Å². The quantitative estimate of drug-likeness (QED) is 0.209. The zero-order valence-electron chi connectivity index (χ0n) is 17.8. The molecule has 4 rings (SSSR count). The third-order valence-electron chi connectivity index (χ3n) is 4.53. The van der Waals surface area contributed by atoms with Gasteiger partial charge in [-0.15, -0.1) is 0 Å². The summed E-state index contributed by atoms with van der Waals surface area (Å²) in [5.41, 5.74) is 1.66. The Morgan fingerprint density at radius 1 is 1.00 bits per heavy atom. The van der Waals surface area contributed by atoms with Crippen molar-refractivity contribution in [1.29, 1.82) is 0 Å². The lowest BCUT2D eigenvalue weighted by atomic mass is 10.1. The summed E-state index contributed by atoms with van der Waals surface area (Å²) in [5, 5.41) is 17.8. The Kier molecular flexibility index (Phi) is 6.19. The molecule has 3 aromatic rings. The first-order chi connectivity index (χ1) is 15.8. The van der Waals surface area contributed by atoms with E-state index in [9.17, 15) is 14.7 Å². The van der Waals surface area contributed by atoms with Crippen LogP contribution in [0.2, 0.25) is 0 Å². The Morgan fingerprint density at radius 2 is 1.58 bits per heavy atom. The van der Waals surface area contributed by atoms with E-state index >= 15 is 0 Å². The van der Waals surface area contributed by atoms with Crippen LogP contribution < -0.4 is 23.7 Å². The molecule has 1 heterocycles. The topological polar surface area (TPSA) is 122 Å². The van der Waals surface area contributed by atoms with Gasteiger partial charge in [-0.2, -0.15) is 10.3 Å². The standard InChI is InChI=1S/C22H20N3O7P/c1-15-5-3-7-18(9-15)31-33(28,32-19-8-4-6-16(2)10-19)24-23-13-17-11-21-22(30-14-29-21)12-20(17)25(26)27/h3-13H,14H2,1-2H3,(H,24,28)/b23-13-. The summed E-state index contributed by atoms with van der Waals surface area (Å²) in [5.74, 6) is 1.23. The van der Waals surface area contributed by atoms with E-state index in [-0.39, 0.29) is 23.8 Å². The Bertz CT molecular complexity index is 1230. The molecule has 0 amide bonds. The fourth-order valence-electron chi connectivity index (χ4n) is 3.06. The van der Waals surface area contributed by atoms with Crippen LogP contribution in [0.5, 0.6) is 23.0 Å². The van der Waals surface area contributed by atoms with Crippen LogP contribution in [0.15, 0.2) is 65.8 Å². The first kappa shape index (κ1) is 22.2. The van der Waals surface area contributed by atoms with Crippen LogP contribution in [0, 0.1) is 24.0 Å². The molecule has 0 saturated carbocycles. The van der Waals surface area contributed by atoms with E-state index in [0.29, 0.717) is 17.2 Å². The minimum Gasteiger partial charge on any atom is -0.454 e. The van der Waals surface area contributed by atoms with E-state index in [1.54, 1.807) is 36.4 Å². The second-order valence-electron chi connectivity index (χ2n) is 7.19. The molecule has 0 spiro atoms. The zero-order valence-corrected chi connectivity index (χ0v) is 18.7. The number of nitrogens with one attached hydrogen (secondary N) is 1. The Labute approximate surface area is 189 Å². The first-order valence-corrected chi connectivity index (χ1v) is 11.4. The second kappa shape index (κ2) is 9.22. The monoisotopic (exact) mass is 469 g/mol. The number of hydrogen-bond donors (Lipinski definition) is 1. The van der Waals surface area contributed by atoms with Crippen LogP contribution in [0.1, 0.15) is 16.7 Å². The van der Waals surface area contributed by atoms with Gasteiger partial charge >= 0.3 is 7.75 Å². The van der Waals surface area contributed by atoms with Gasteiger partial charge in [0.15, 0.2) is 11.5 Å². The van der Waals surface area contributed by atoms with E-state index in [1.807, 2.05) is 26.0 Å². The summed E-state index contributed by atoms with van der Waals surface area (Å²) in [6.07, 6.45) is 1.14. The second-order valence-corrected chi connectivity index (χ2v) is 8.75. The maximum Gasteiger partial charge on any atom is 0.557 e. The maximum absolute atomic E-state index is 13.5. The molecule has 0 saturated heterocycles. The SMILES string of the molecule is Cc1cccc(OP(=O)(N/N=C\c2cc3c(cc2[N+](=O)[O-])OCO3)Oc2cccc(C)c2)c1. The number of nitro groups is 1. The third kappa shape index (κ3) is 5.42. The van der Waals surface area contributed by atoms with Crippen LogP contribution in [0.4, 0.5) is 5.69 Å². The van der Waals surface area contributed by atoms with E-state index < -0.39 is 12.7 Å². The van der Waals surface area contributed by atoms with Crippen molar-refractivity contribution < 1.29 is 28.0 Å².